The van der Waals surface area contributed by atoms with Crippen LogP contribution in [0, 0.1) is 28.6 Å². The van der Waals surface area contributed by atoms with E-state index in [1.54, 1.807) is 12.1 Å². The highest BCUT2D eigenvalue weighted by atomic mass is 16.3. The Bertz CT molecular complexity index is 1090. The van der Waals surface area contributed by atoms with Crippen LogP contribution < -0.4 is 5.11 Å². The lowest BCUT2D eigenvalue weighted by Gasteiger charge is -2.46. The zero-order valence-corrected chi connectivity index (χ0v) is 12.6. The number of nitrogens with zero attached hydrogens (tertiary/aromatic N) is 2. The molecule has 0 bridgehead atoms. The molecule has 0 fully saturated rings. The van der Waals surface area contributed by atoms with Crippen molar-refractivity contribution in [1.29, 1.82) is 10.5 Å². The Kier molecular flexibility index (Phi) is 2.81. The quantitative estimate of drug-likeness (QED) is 0.724. The lowest BCUT2D eigenvalue weighted by molar-refractivity contribution is -0.469. The van der Waals surface area contributed by atoms with Crippen LogP contribution in [0.4, 0.5) is 0 Å². The molecule has 0 saturated carbocycles. The molecule has 1 atom stereocenters. The molecule has 0 spiro atoms. The van der Waals surface area contributed by atoms with E-state index in [0.717, 1.165) is 0 Å². The van der Waals surface area contributed by atoms with Gasteiger partial charge in [-0.1, -0.05) is 36.4 Å². The summed E-state index contributed by atoms with van der Waals surface area (Å²) in [6.07, 6.45) is 0. The molecule has 0 heterocycles. The molecule has 6 nitrogen and oxygen atoms in total. The molecule has 2 aliphatic rings. The summed E-state index contributed by atoms with van der Waals surface area (Å²) in [6, 6.07) is 11.5. The summed E-state index contributed by atoms with van der Waals surface area (Å²) in [7, 11) is 0. The van der Waals surface area contributed by atoms with Crippen LogP contribution in [-0.2, 0) is 5.60 Å². The molecule has 0 saturated heterocycles. The molecule has 2 aliphatic carbocycles. The highest BCUT2D eigenvalue weighted by Gasteiger charge is 2.47. The van der Waals surface area contributed by atoms with Crippen LogP contribution in [0.3, 0.4) is 0 Å². The maximum atomic E-state index is 13.5. The average molecular weight is 327 g/mol. The van der Waals surface area contributed by atoms with E-state index in [2.05, 4.69) is 0 Å². The second kappa shape index (κ2) is 4.70. The van der Waals surface area contributed by atoms with Gasteiger partial charge < -0.3 is 5.11 Å². The maximum absolute atomic E-state index is 13.5. The SMILES string of the molecule is N#CC(C#N)C1([O-])C(=O)c2cccc3c2-c2c(cccc21)C(=O)C3=O. The van der Waals surface area contributed by atoms with Gasteiger partial charge in [-0.15, -0.1) is 0 Å². The van der Waals surface area contributed by atoms with E-state index in [9.17, 15) is 30.0 Å². The van der Waals surface area contributed by atoms with Gasteiger partial charge in [0.25, 0.3) is 0 Å². The number of benzene rings is 2. The number of hydrogen-bond donors (Lipinski definition) is 0. The van der Waals surface area contributed by atoms with Gasteiger partial charge in [-0.3, -0.25) is 14.4 Å². The number of nitriles is 2. The van der Waals surface area contributed by atoms with E-state index in [0.29, 0.717) is 0 Å². The van der Waals surface area contributed by atoms with Gasteiger partial charge >= 0.3 is 0 Å². The minimum absolute atomic E-state index is 0.0183. The number of hydrogen-bond acceptors (Lipinski definition) is 6. The monoisotopic (exact) mass is 327 g/mol. The molecule has 0 radical (unpaired) electrons. The van der Waals surface area contributed by atoms with Crippen LogP contribution in [0.15, 0.2) is 36.4 Å². The predicted octanol–water partition coefficient (Wildman–Crippen LogP) is 1.15. The molecule has 0 N–H and O–H groups in total. The lowest BCUT2D eigenvalue weighted by Crippen LogP contribution is -2.56. The average Bonchev–Trinajstić information content (AvgIpc) is 2.64. The van der Waals surface area contributed by atoms with Gasteiger partial charge in [0.05, 0.1) is 12.1 Å². The first-order valence-electron chi connectivity index (χ1n) is 7.37. The summed E-state index contributed by atoms with van der Waals surface area (Å²) < 4.78 is 0. The third-order valence-corrected chi connectivity index (χ3v) is 4.72. The van der Waals surface area contributed by atoms with Gasteiger partial charge in [0, 0.05) is 27.9 Å². The van der Waals surface area contributed by atoms with Crippen molar-refractivity contribution in [2.24, 2.45) is 5.92 Å². The second-order valence-corrected chi connectivity index (χ2v) is 5.87. The minimum Gasteiger partial charge on any atom is -0.838 e. The predicted molar refractivity (Wildman–Crippen MR) is 81.3 cm³/mol. The molecule has 0 aromatic heterocycles. The zero-order valence-electron chi connectivity index (χ0n) is 12.6. The molecule has 118 valence electrons. The number of carbonyl (C=O) groups excluding carboxylic acids is 3. The van der Waals surface area contributed by atoms with Gasteiger partial charge in [-0.25, -0.2) is 0 Å². The fourth-order valence-electron chi connectivity index (χ4n) is 3.58. The van der Waals surface area contributed by atoms with Crippen molar-refractivity contribution in [3.63, 3.8) is 0 Å². The van der Waals surface area contributed by atoms with Crippen molar-refractivity contribution >= 4 is 17.3 Å². The van der Waals surface area contributed by atoms with Gasteiger partial charge in [-0.2, -0.15) is 10.5 Å². The van der Waals surface area contributed by atoms with Crippen LogP contribution >= 0.6 is 0 Å². The van der Waals surface area contributed by atoms with Gasteiger partial charge in [-0.05, 0) is 11.1 Å². The van der Waals surface area contributed by atoms with E-state index in [1.165, 1.54) is 36.4 Å². The maximum Gasteiger partial charge on any atom is 0.234 e. The Hall–Kier alpha value is -3.61. The first-order valence-corrected chi connectivity index (χ1v) is 7.37. The molecule has 1 unspecified atom stereocenters. The van der Waals surface area contributed by atoms with Crippen molar-refractivity contribution in [2.75, 3.05) is 0 Å². The highest BCUT2D eigenvalue weighted by molar-refractivity contribution is 6.53. The van der Waals surface area contributed by atoms with Crippen molar-refractivity contribution < 1.29 is 19.5 Å². The first-order chi connectivity index (χ1) is 12.0. The van der Waals surface area contributed by atoms with Crippen molar-refractivity contribution in [3.05, 3.63) is 58.7 Å². The van der Waals surface area contributed by atoms with E-state index in [1.807, 2.05) is 0 Å². The summed E-state index contributed by atoms with van der Waals surface area (Å²) in [5.74, 6) is -4.23. The third-order valence-electron chi connectivity index (χ3n) is 4.72. The molecule has 2 aromatic rings. The molecule has 0 aliphatic heterocycles. The normalized spacial score (nSPS) is 20.1. The van der Waals surface area contributed by atoms with Crippen molar-refractivity contribution in [2.45, 2.75) is 5.60 Å². The number of carbonyl (C=O) groups is 3. The molecule has 6 heteroatoms. The van der Waals surface area contributed by atoms with Crippen molar-refractivity contribution in [3.8, 4) is 23.3 Å². The summed E-state index contributed by atoms with van der Waals surface area (Å²) in [5, 5.41) is 31.9. The topological polar surface area (TPSA) is 122 Å². The molecular formula is C19H7N2O4-. The van der Waals surface area contributed by atoms with Crippen LogP contribution in [0.2, 0.25) is 0 Å². The molecule has 0 amide bonds. The Morgan fingerprint density at radius 1 is 0.840 bits per heavy atom. The summed E-state index contributed by atoms with van der Waals surface area (Å²) in [4.78, 5) is 37.7. The number of Topliss-reactive ketones (excluding diaryl/α,β-unsaturated/α-hetero) is 3. The van der Waals surface area contributed by atoms with Gasteiger partial charge in [0.2, 0.25) is 11.6 Å². The molecule has 2 aromatic carbocycles. The zero-order chi connectivity index (χ0) is 17.9. The first kappa shape index (κ1) is 14.9. The fraction of sp³-hybridized carbons (Fsp3) is 0.105. The molecule has 25 heavy (non-hydrogen) atoms. The number of rotatable bonds is 1. The number of ketones is 3. The fourth-order valence-corrected chi connectivity index (χ4v) is 3.58. The van der Waals surface area contributed by atoms with Gasteiger partial charge in [0.1, 0.15) is 5.92 Å². The standard InChI is InChI=1S/C19H7N2O4/c20-7-9(8-21)19(25)13-6-2-4-11-15(13)14-10(16(22)17(11)23)3-1-5-12(14)18(19)24/h1-6,9H/q-1. The Morgan fingerprint density at radius 2 is 1.36 bits per heavy atom. The molecular weight excluding hydrogens is 320 g/mol. The van der Waals surface area contributed by atoms with Gasteiger partial charge in [0.15, 0.2) is 5.78 Å². The van der Waals surface area contributed by atoms with E-state index < -0.39 is 28.9 Å². The summed E-state index contributed by atoms with van der Waals surface area (Å²) in [6.45, 7) is 0. The van der Waals surface area contributed by atoms with E-state index in [-0.39, 0.29) is 33.4 Å². The van der Waals surface area contributed by atoms with Crippen LogP contribution in [-0.4, -0.2) is 17.3 Å². The third kappa shape index (κ3) is 1.56. The molecule has 4 rings (SSSR count). The van der Waals surface area contributed by atoms with Crippen LogP contribution in [0.25, 0.3) is 11.1 Å². The summed E-state index contributed by atoms with van der Waals surface area (Å²) in [5.41, 5.74) is -2.30. The Labute approximate surface area is 141 Å². The minimum atomic E-state index is -2.65. The smallest absolute Gasteiger partial charge is 0.234 e. The summed E-state index contributed by atoms with van der Waals surface area (Å²) >= 11 is 0. The van der Waals surface area contributed by atoms with E-state index in [4.69, 9.17) is 0 Å². The van der Waals surface area contributed by atoms with Crippen LogP contribution in [0.1, 0.15) is 36.6 Å². The highest BCUT2D eigenvalue weighted by Crippen LogP contribution is 2.48. The largest absolute Gasteiger partial charge is 0.838 e. The van der Waals surface area contributed by atoms with E-state index >= 15 is 0 Å². The lowest BCUT2D eigenvalue weighted by atomic mass is 9.65. The van der Waals surface area contributed by atoms with Crippen molar-refractivity contribution in [1.82, 2.24) is 0 Å². The van der Waals surface area contributed by atoms with Crippen LogP contribution in [0.5, 0.6) is 0 Å². The second-order valence-electron chi connectivity index (χ2n) is 5.87. The Balaban J connectivity index is 2.21. The Morgan fingerprint density at radius 3 is 1.96 bits per heavy atom.